The minimum absolute atomic E-state index is 0.0459. The van der Waals surface area contributed by atoms with Gasteiger partial charge in [-0.2, -0.15) is 0 Å². The van der Waals surface area contributed by atoms with Crippen LogP contribution in [0.3, 0.4) is 0 Å². The highest BCUT2D eigenvalue weighted by Gasteiger charge is 2.95. The number of carbonyl (C=O) groups excluding carboxylic acids is 1. The molecule has 0 radical (unpaired) electrons. The molecule has 5 aliphatic rings. The van der Waals surface area contributed by atoms with Gasteiger partial charge in [0.25, 0.3) is 0 Å². The average molecular weight is 359 g/mol. The molecule has 2 aliphatic carbocycles. The number of aliphatic hydroxyl groups is 1. The number of halogens is 1. The molecule has 6 heteroatoms. The number of hydrogen-bond acceptors (Lipinski definition) is 5. The van der Waals surface area contributed by atoms with Gasteiger partial charge in [0.2, 0.25) is 5.60 Å². The van der Waals surface area contributed by atoms with E-state index in [2.05, 4.69) is 22.9 Å². The van der Waals surface area contributed by atoms with Crippen molar-refractivity contribution in [2.75, 3.05) is 5.33 Å². The van der Waals surface area contributed by atoms with Crippen molar-refractivity contribution in [3.63, 3.8) is 0 Å². The molecule has 0 aromatic rings. The molecule has 3 heterocycles. The van der Waals surface area contributed by atoms with E-state index in [4.69, 9.17) is 14.2 Å². The van der Waals surface area contributed by atoms with E-state index in [0.717, 1.165) is 6.42 Å². The number of epoxide rings is 1. The third kappa shape index (κ3) is 0.965. The molecule has 2 spiro atoms. The second-order valence-electron chi connectivity index (χ2n) is 7.82. The fourth-order valence-corrected chi connectivity index (χ4v) is 6.86. The third-order valence-electron chi connectivity index (χ3n) is 7.31. The standard InChI is InChI=1S/C15H19BrO5/c1-6-8-9(17)10-13(3)14(6,21-12(8,2)5-16)4-7-15(13,20-7)11(18)19-10/h6-10,17H,4-5H2,1-3H3/t6?,7-,8?,9?,10?,12-,13?,14?,15+/m1/s1. The van der Waals surface area contributed by atoms with E-state index in [9.17, 15) is 9.90 Å². The SMILES string of the molecule is CC1C2C(O)C3OC(=O)[C@@]45O[C@@H]4CC1(O[C@]2(C)CBr)C35C. The van der Waals surface area contributed by atoms with Gasteiger partial charge in [0.15, 0.2) is 0 Å². The normalized spacial score (nSPS) is 69.6. The Bertz CT molecular complexity index is 582. The van der Waals surface area contributed by atoms with Crippen LogP contribution in [0.4, 0.5) is 0 Å². The Kier molecular flexibility index (Phi) is 2.03. The van der Waals surface area contributed by atoms with Crippen molar-refractivity contribution < 1.29 is 24.1 Å². The van der Waals surface area contributed by atoms with Crippen LogP contribution in [-0.2, 0) is 19.0 Å². The molecule has 5 fully saturated rings. The Morgan fingerprint density at radius 3 is 2.81 bits per heavy atom. The molecule has 2 saturated carbocycles. The Hall–Kier alpha value is -0.170. The minimum atomic E-state index is -0.880. The first-order chi connectivity index (χ1) is 9.78. The van der Waals surface area contributed by atoms with Crippen LogP contribution in [0.2, 0.25) is 0 Å². The summed E-state index contributed by atoms with van der Waals surface area (Å²) in [7, 11) is 0. The maximum Gasteiger partial charge on any atom is 0.342 e. The van der Waals surface area contributed by atoms with Gasteiger partial charge in [-0.3, -0.25) is 0 Å². The molecule has 116 valence electrons. The van der Waals surface area contributed by atoms with E-state index in [1.165, 1.54) is 0 Å². The summed E-state index contributed by atoms with van der Waals surface area (Å²) < 4.78 is 18.0. The topological polar surface area (TPSA) is 68.3 Å². The van der Waals surface area contributed by atoms with Gasteiger partial charge >= 0.3 is 5.97 Å². The van der Waals surface area contributed by atoms with Gasteiger partial charge < -0.3 is 19.3 Å². The first-order valence-corrected chi connectivity index (χ1v) is 8.74. The fourth-order valence-electron chi connectivity index (χ4n) is 6.37. The highest BCUT2D eigenvalue weighted by Crippen LogP contribution is 2.79. The molecule has 6 unspecified atom stereocenters. The van der Waals surface area contributed by atoms with Crippen molar-refractivity contribution in [1.29, 1.82) is 0 Å². The molecule has 0 aromatic heterocycles. The number of ether oxygens (including phenoxy) is 3. The van der Waals surface area contributed by atoms with Crippen molar-refractivity contribution in [1.82, 2.24) is 0 Å². The van der Waals surface area contributed by atoms with Gasteiger partial charge in [-0.15, -0.1) is 0 Å². The lowest BCUT2D eigenvalue weighted by Gasteiger charge is -2.51. The average Bonchev–Trinajstić information content (AvgIpc) is 2.98. The van der Waals surface area contributed by atoms with Gasteiger partial charge in [0.1, 0.15) is 12.2 Å². The Balaban J connectivity index is 1.77. The molecule has 21 heavy (non-hydrogen) atoms. The quantitative estimate of drug-likeness (QED) is 0.430. The van der Waals surface area contributed by atoms with E-state index in [1.807, 2.05) is 13.8 Å². The number of hydrogen-bond donors (Lipinski definition) is 1. The van der Waals surface area contributed by atoms with E-state index in [0.29, 0.717) is 5.33 Å². The lowest BCUT2D eigenvalue weighted by Crippen LogP contribution is -2.64. The monoisotopic (exact) mass is 358 g/mol. The molecular weight excluding hydrogens is 340 g/mol. The van der Waals surface area contributed by atoms with Crippen molar-refractivity contribution in [3.05, 3.63) is 0 Å². The largest absolute Gasteiger partial charge is 0.457 e. The van der Waals surface area contributed by atoms with Gasteiger partial charge in [0, 0.05) is 17.7 Å². The van der Waals surface area contributed by atoms with Crippen LogP contribution in [-0.4, -0.2) is 51.5 Å². The predicted octanol–water partition coefficient (Wildman–Crippen LogP) is 1.01. The molecule has 0 amide bonds. The summed E-state index contributed by atoms with van der Waals surface area (Å²) in [5.41, 5.74) is -2.37. The summed E-state index contributed by atoms with van der Waals surface area (Å²) in [5.74, 6) is -0.186. The van der Waals surface area contributed by atoms with E-state index < -0.39 is 34.4 Å². The third-order valence-corrected chi connectivity index (χ3v) is 8.42. The fraction of sp³-hybridized carbons (Fsp3) is 0.933. The number of alkyl halides is 1. The van der Waals surface area contributed by atoms with Crippen molar-refractivity contribution in [2.24, 2.45) is 17.3 Å². The second kappa shape index (κ2) is 3.21. The van der Waals surface area contributed by atoms with Crippen LogP contribution in [0.25, 0.3) is 0 Å². The number of rotatable bonds is 1. The summed E-state index contributed by atoms with van der Waals surface area (Å²) in [6.07, 6.45) is -0.637. The molecule has 3 saturated heterocycles. The first kappa shape index (κ1) is 13.3. The summed E-state index contributed by atoms with van der Waals surface area (Å²) in [6, 6.07) is 0. The van der Waals surface area contributed by atoms with Crippen LogP contribution in [0, 0.1) is 17.3 Å². The maximum atomic E-state index is 12.4. The van der Waals surface area contributed by atoms with Crippen LogP contribution in [0.5, 0.6) is 0 Å². The number of carbonyl (C=O) groups is 1. The summed E-state index contributed by atoms with van der Waals surface area (Å²) in [4.78, 5) is 12.4. The zero-order chi connectivity index (χ0) is 15.0. The van der Waals surface area contributed by atoms with Crippen molar-refractivity contribution in [3.8, 4) is 0 Å². The lowest BCUT2D eigenvalue weighted by atomic mass is 9.54. The molecular formula is C15H19BrO5. The van der Waals surface area contributed by atoms with Crippen LogP contribution in [0.15, 0.2) is 0 Å². The van der Waals surface area contributed by atoms with Crippen LogP contribution >= 0.6 is 15.9 Å². The zero-order valence-corrected chi connectivity index (χ0v) is 13.8. The first-order valence-electron chi connectivity index (χ1n) is 7.61. The van der Waals surface area contributed by atoms with E-state index >= 15 is 0 Å². The highest BCUT2D eigenvalue weighted by molar-refractivity contribution is 9.09. The summed E-state index contributed by atoms with van der Waals surface area (Å²) in [6.45, 7) is 6.21. The van der Waals surface area contributed by atoms with Crippen molar-refractivity contribution in [2.45, 2.75) is 62.3 Å². The summed E-state index contributed by atoms with van der Waals surface area (Å²) in [5, 5.41) is 11.6. The molecule has 2 bridgehead atoms. The van der Waals surface area contributed by atoms with Crippen LogP contribution in [0.1, 0.15) is 27.2 Å². The van der Waals surface area contributed by atoms with Gasteiger partial charge in [-0.05, 0) is 19.8 Å². The van der Waals surface area contributed by atoms with Crippen LogP contribution < -0.4 is 0 Å². The number of esters is 1. The van der Waals surface area contributed by atoms with Gasteiger partial charge in [0.05, 0.1) is 22.7 Å². The summed E-state index contributed by atoms with van der Waals surface area (Å²) >= 11 is 3.55. The number of fused-ring (bicyclic) bond motifs is 1. The highest BCUT2D eigenvalue weighted by atomic mass is 79.9. The zero-order valence-electron chi connectivity index (χ0n) is 12.3. The molecule has 3 aliphatic heterocycles. The Morgan fingerprint density at radius 2 is 2.14 bits per heavy atom. The van der Waals surface area contributed by atoms with Gasteiger partial charge in [-0.1, -0.05) is 22.9 Å². The maximum absolute atomic E-state index is 12.4. The molecule has 5 rings (SSSR count). The lowest BCUT2D eigenvalue weighted by molar-refractivity contribution is -0.200. The minimum Gasteiger partial charge on any atom is -0.457 e. The Morgan fingerprint density at radius 1 is 1.43 bits per heavy atom. The second-order valence-corrected chi connectivity index (χ2v) is 8.38. The van der Waals surface area contributed by atoms with E-state index in [-0.39, 0.29) is 23.9 Å². The molecule has 9 atom stereocenters. The molecule has 0 aromatic carbocycles. The van der Waals surface area contributed by atoms with Gasteiger partial charge in [-0.25, -0.2) is 4.79 Å². The predicted molar refractivity (Wildman–Crippen MR) is 74.9 cm³/mol. The Labute approximate surface area is 131 Å². The molecule has 1 N–H and O–H groups in total. The molecule has 5 nitrogen and oxygen atoms in total. The van der Waals surface area contributed by atoms with E-state index in [1.54, 1.807) is 0 Å². The number of aliphatic hydroxyl groups excluding tert-OH is 1. The smallest absolute Gasteiger partial charge is 0.342 e. The van der Waals surface area contributed by atoms with Crippen molar-refractivity contribution >= 4 is 21.9 Å².